The smallest absolute Gasteiger partial charge is 0.349 e. The number of hydrogen-bond acceptors (Lipinski definition) is 6. The van der Waals surface area contributed by atoms with Crippen LogP contribution in [0, 0.1) is 0 Å². The van der Waals surface area contributed by atoms with Crippen molar-refractivity contribution in [1.82, 2.24) is 10.9 Å². The molecule has 1 aromatic carbocycles. The van der Waals surface area contributed by atoms with Gasteiger partial charge in [-0.15, -0.1) is 0 Å². The molecule has 0 atom stereocenters. The third-order valence-corrected chi connectivity index (χ3v) is 3.43. The first-order chi connectivity index (χ1) is 11.9. The zero-order valence-corrected chi connectivity index (χ0v) is 14.3. The maximum atomic E-state index is 12.2. The maximum Gasteiger partial charge on any atom is 0.349 e. The number of ether oxygens (including phenoxy) is 2. The lowest BCUT2D eigenvalue weighted by molar-refractivity contribution is -0.219. The highest BCUT2D eigenvalue weighted by molar-refractivity contribution is 5.98. The van der Waals surface area contributed by atoms with E-state index in [4.69, 9.17) is 13.9 Å². The Bertz CT molecular complexity index is 823. The normalized spacial score (nSPS) is 11.3. The number of benzene rings is 1. The van der Waals surface area contributed by atoms with Gasteiger partial charge in [0.25, 0.3) is 11.8 Å². The number of amides is 2. The van der Waals surface area contributed by atoms with Crippen molar-refractivity contribution in [2.75, 3.05) is 13.2 Å². The third-order valence-electron chi connectivity index (χ3n) is 3.43. The van der Waals surface area contributed by atoms with Gasteiger partial charge in [-0.3, -0.25) is 20.4 Å². The lowest BCUT2D eigenvalue weighted by atomic mass is 10.2. The molecule has 8 heteroatoms. The van der Waals surface area contributed by atoms with E-state index in [0.29, 0.717) is 11.0 Å². The summed E-state index contributed by atoms with van der Waals surface area (Å²) in [5.74, 6) is -3.05. The fourth-order valence-corrected chi connectivity index (χ4v) is 2.24. The Balaban J connectivity index is 2.13. The standard InChI is InChI=1S/C17H20N2O6/c1-4-23-17(3,24-5-2)16(22)19-18-14(20)12-10-11-8-6-7-9-13(11)25-15(12)21/h6-10H,4-5H2,1-3H3,(H,18,20)(H,19,22). The van der Waals surface area contributed by atoms with E-state index in [2.05, 4.69) is 10.9 Å². The molecule has 0 bridgehead atoms. The molecule has 8 nitrogen and oxygen atoms in total. The van der Waals surface area contributed by atoms with Crippen molar-refractivity contribution >= 4 is 22.8 Å². The maximum absolute atomic E-state index is 12.2. The molecule has 2 aromatic rings. The second kappa shape index (κ2) is 7.91. The van der Waals surface area contributed by atoms with Gasteiger partial charge in [0.2, 0.25) is 5.79 Å². The Hall–Kier alpha value is -2.71. The van der Waals surface area contributed by atoms with Crippen LogP contribution in [0.3, 0.4) is 0 Å². The first kappa shape index (κ1) is 18.6. The molecule has 0 saturated heterocycles. The molecule has 1 aromatic heterocycles. The highest BCUT2D eigenvalue weighted by Gasteiger charge is 2.35. The largest absolute Gasteiger partial charge is 0.422 e. The van der Waals surface area contributed by atoms with Crippen molar-refractivity contribution in [1.29, 1.82) is 0 Å². The average Bonchev–Trinajstić information content (AvgIpc) is 2.59. The van der Waals surface area contributed by atoms with E-state index in [1.807, 2.05) is 0 Å². The minimum Gasteiger partial charge on any atom is -0.422 e. The molecule has 0 fully saturated rings. The minimum atomic E-state index is -1.55. The fourth-order valence-electron chi connectivity index (χ4n) is 2.24. The summed E-state index contributed by atoms with van der Waals surface area (Å²) in [6.07, 6.45) is 0. The fraction of sp³-hybridized carbons (Fsp3) is 0.353. The summed E-state index contributed by atoms with van der Waals surface area (Å²) in [5.41, 5.74) is 3.70. The predicted molar refractivity (Wildman–Crippen MR) is 89.7 cm³/mol. The zero-order valence-electron chi connectivity index (χ0n) is 14.3. The Morgan fingerprint density at radius 1 is 1.12 bits per heavy atom. The second-order valence-corrected chi connectivity index (χ2v) is 5.21. The van der Waals surface area contributed by atoms with Crippen molar-refractivity contribution in [3.8, 4) is 0 Å². The molecule has 0 aliphatic heterocycles. The van der Waals surface area contributed by atoms with Crippen LogP contribution in [0.1, 0.15) is 31.1 Å². The van der Waals surface area contributed by atoms with Crippen molar-refractivity contribution in [3.05, 3.63) is 46.3 Å². The average molecular weight is 348 g/mol. The van der Waals surface area contributed by atoms with E-state index < -0.39 is 23.2 Å². The molecule has 0 spiro atoms. The molecule has 0 aliphatic carbocycles. The molecule has 2 rings (SSSR count). The van der Waals surface area contributed by atoms with Gasteiger partial charge in [0.05, 0.1) is 0 Å². The molecule has 1 heterocycles. The molecule has 25 heavy (non-hydrogen) atoms. The summed E-state index contributed by atoms with van der Waals surface area (Å²) in [4.78, 5) is 36.3. The quantitative estimate of drug-likeness (QED) is 0.463. The van der Waals surface area contributed by atoms with E-state index in [1.165, 1.54) is 13.0 Å². The highest BCUT2D eigenvalue weighted by Crippen LogP contribution is 2.13. The molecule has 0 aliphatic rings. The SMILES string of the molecule is CCOC(C)(OCC)C(=O)NNC(=O)c1cc2ccccc2oc1=O. The highest BCUT2D eigenvalue weighted by atomic mass is 16.7. The number of fused-ring (bicyclic) bond motifs is 1. The molecule has 0 unspecified atom stereocenters. The van der Waals surface area contributed by atoms with E-state index >= 15 is 0 Å². The van der Waals surface area contributed by atoms with Crippen molar-refractivity contribution in [2.45, 2.75) is 26.6 Å². The van der Waals surface area contributed by atoms with E-state index in [1.54, 1.807) is 38.1 Å². The summed E-state index contributed by atoms with van der Waals surface area (Å²) in [6.45, 7) is 5.34. The molecule has 134 valence electrons. The van der Waals surface area contributed by atoms with Gasteiger partial charge < -0.3 is 13.9 Å². The van der Waals surface area contributed by atoms with Crippen molar-refractivity contribution in [3.63, 3.8) is 0 Å². The summed E-state index contributed by atoms with van der Waals surface area (Å²) in [5, 5.41) is 0.590. The van der Waals surface area contributed by atoms with Crippen molar-refractivity contribution in [2.24, 2.45) is 0 Å². The van der Waals surface area contributed by atoms with E-state index in [-0.39, 0.29) is 18.8 Å². The van der Waals surface area contributed by atoms with Crippen molar-refractivity contribution < 1.29 is 23.5 Å². The summed E-state index contributed by atoms with van der Waals surface area (Å²) in [6, 6.07) is 8.19. The Morgan fingerprint density at radius 3 is 2.40 bits per heavy atom. The van der Waals surface area contributed by atoms with Gasteiger partial charge in [0.15, 0.2) is 0 Å². The third kappa shape index (κ3) is 4.23. The van der Waals surface area contributed by atoms with Crippen LogP contribution in [0.25, 0.3) is 11.0 Å². The molecule has 0 radical (unpaired) electrons. The summed E-state index contributed by atoms with van der Waals surface area (Å²) < 4.78 is 15.7. The molecular weight excluding hydrogens is 328 g/mol. The van der Waals surface area contributed by atoms with Crippen LogP contribution in [-0.2, 0) is 14.3 Å². The summed E-state index contributed by atoms with van der Waals surface area (Å²) >= 11 is 0. The first-order valence-corrected chi connectivity index (χ1v) is 7.83. The topological polar surface area (TPSA) is 107 Å². The van der Waals surface area contributed by atoms with Crippen LogP contribution in [0.5, 0.6) is 0 Å². The van der Waals surface area contributed by atoms with Gasteiger partial charge in [-0.1, -0.05) is 18.2 Å². The number of para-hydroxylation sites is 1. The van der Waals surface area contributed by atoms with Gasteiger partial charge in [-0.25, -0.2) is 4.79 Å². The van der Waals surface area contributed by atoms with Crippen LogP contribution in [0.4, 0.5) is 0 Å². The van der Waals surface area contributed by atoms with Gasteiger partial charge in [-0.05, 0) is 32.9 Å². The predicted octanol–water partition coefficient (Wildman–Crippen LogP) is 1.34. The Kier molecular flexibility index (Phi) is 5.89. The lowest BCUT2D eigenvalue weighted by Gasteiger charge is -2.27. The number of hydrazine groups is 1. The molecule has 2 N–H and O–H groups in total. The number of carbonyl (C=O) groups excluding carboxylic acids is 2. The molecular formula is C17H20N2O6. The van der Waals surface area contributed by atoms with Gasteiger partial charge in [0.1, 0.15) is 11.1 Å². The second-order valence-electron chi connectivity index (χ2n) is 5.21. The zero-order chi connectivity index (χ0) is 18.4. The Labute approximate surface area is 144 Å². The number of rotatable bonds is 6. The summed E-state index contributed by atoms with van der Waals surface area (Å²) in [7, 11) is 0. The number of nitrogens with one attached hydrogen (secondary N) is 2. The monoisotopic (exact) mass is 348 g/mol. The van der Waals surface area contributed by atoms with Crippen LogP contribution >= 0.6 is 0 Å². The Morgan fingerprint density at radius 2 is 1.76 bits per heavy atom. The minimum absolute atomic E-state index is 0.228. The van der Waals surface area contributed by atoms with Crippen LogP contribution in [0.2, 0.25) is 0 Å². The molecule has 0 saturated carbocycles. The van der Waals surface area contributed by atoms with E-state index in [0.717, 1.165) is 0 Å². The lowest BCUT2D eigenvalue weighted by Crippen LogP contribution is -2.54. The van der Waals surface area contributed by atoms with Crippen LogP contribution in [-0.4, -0.2) is 30.8 Å². The van der Waals surface area contributed by atoms with E-state index in [9.17, 15) is 14.4 Å². The van der Waals surface area contributed by atoms with Gasteiger partial charge in [-0.2, -0.15) is 0 Å². The van der Waals surface area contributed by atoms with Crippen LogP contribution in [0.15, 0.2) is 39.5 Å². The number of hydrogen-bond donors (Lipinski definition) is 2. The number of carbonyl (C=O) groups is 2. The molecule has 2 amide bonds. The van der Waals surface area contributed by atoms with Gasteiger partial charge >= 0.3 is 5.63 Å². The van der Waals surface area contributed by atoms with Gasteiger partial charge in [0, 0.05) is 18.6 Å². The van der Waals surface area contributed by atoms with Crippen LogP contribution < -0.4 is 16.5 Å². The first-order valence-electron chi connectivity index (χ1n) is 7.83.